The molecule has 116 valence electrons. The minimum absolute atomic E-state index is 0.201. The van der Waals surface area contributed by atoms with Gasteiger partial charge in [-0.3, -0.25) is 0 Å². The molecule has 1 nitrogen and oxygen atoms in total. The Morgan fingerprint density at radius 2 is 2.14 bits per heavy atom. The quantitative estimate of drug-likeness (QED) is 0.676. The molecule has 21 heavy (non-hydrogen) atoms. The van der Waals surface area contributed by atoms with Crippen molar-refractivity contribution in [1.29, 1.82) is 0 Å². The Morgan fingerprint density at radius 1 is 1.29 bits per heavy atom. The number of allylic oxidation sites excluding steroid dienone is 1. The van der Waals surface area contributed by atoms with Gasteiger partial charge in [0.05, 0.1) is 5.02 Å². The molecule has 0 amide bonds. The van der Waals surface area contributed by atoms with Crippen LogP contribution in [0.1, 0.15) is 51.0 Å². The fourth-order valence-corrected chi connectivity index (χ4v) is 3.04. The Morgan fingerprint density at radius 3 is 2.81 bits per heavy atom. The highest BCUT2D eigenvalue weighted by atomic mass is 35.5. The lowest BCUT2D eigenvalue weighted by atomic mass is 9.92. The normalized spacial score (nSPS) is 16.6. The van der Waals surface area contributed by atoms with E-state index in [9.17, 15) is 4.39 Å². The van der Waals surface area contributed by atoms with Crippen molar-refractivity contribution in [3.8, 4) is 0 Å². The van der Waals surface area contributed by atoms with E-state index < -0.39 is 0 Å². The lowest BCUT2D eigenvalue weighted by Crippen LogP contribution is -2.32. The van der Waals surface area contributed by atoms with Gasteiger partial charge >= 0.3 is 0 Å². The molecule has 1 aromatic carbocycles. The molecule has 1 N–H and O–H groups in total. The predicted octanol–water partition coefficient (Wildman–Crippen LogP) is 5.28. The molecule has 1 aromatic rings. The Bertz CT molecular complexity index is 484. The van der Waals surface area contributed by atoms with Gasteiger partial charge in [-0.25, -0.2) is 4.39 Å². The molecule has 0 radical (unpaired) electrons. The van der Waals surface area contributed by atoms with Crippen LogP contribution in [0.25, 0.3) is 0 Å². The second kappa shape index (κ2) is 8.55. The van der Waals surface area contributed by atoms with Crippen molar-refractivity contribution in [2.75, 3.05) is 6.54 Å². The molecule has 1 atom stereocenters. The number of nitrogens with one attached hydrogen (secondary N) is 1. The Labute approximate surface area is 132 Å². The van der Waals surface area contributed by atoms with Crippen LogP contribution < -0.4 is 5.32 Å². The summed E-state index contributed by atoms with van der Waals surface area (Å²) in [5, 5.41) is 3.80. The fourth-order valence-electron chi connectivity index (χ4n) is 2.92. The maximum atomic E-state index is 13.6. The number of hydrogen-bond acceptors (Lipinski definition) is 1. The molecule has 1 aliphatic rings. The van der Waals surface area contributed by atoms with Gasteiger partial charge < -0.3 is 5.32 Å². The second-order valence-corrected chi connectivity index (χ2v) is 6.32. The lowest BCUT2D eigenvalue weighted by molar-refractivity contribution is 0.489. The first-order valence-electron chi connectivity index (χ1n) is 8.04. The Kier molecular flexibility index (Phi) is 6.72. The number of hydrogen-bond donors (Lipinski definition) is 1. The average Bonchev–Trinajstić information content (AvgIpc) is 2.49. The van der Waals surface area contributed by atoms with Crippen molar-refractivity contribution >= 4 is 11.6 Å². The van der Waals surface area contributed by atoms with E-state index in [2.05, 4.69) is 18.3 Å². The van der Waals surface area contributed by atoms with Gasteiger partial charge in [0.15, 0.2) is 0 Å². The first-order valence-corrected chi connectivity index (χ1v) is 8.42. The minimum atomic E-state index is -0.319. The van der Waals surface area contributed by atoms with Crippen molar-refractivity contribution in [3.05, 3.63) is 46.3 Å². The first-order chi connectivity index (χ1) is 10.2. The van der Waals surface area contributed by atoms with Crippen molar-refractivity contribution in [3.63, 3.8) is 0 Å². The molecule has 1 aliphatic carbocycles. The summed E-state index contributed by atoms with van der Waals surface area (Å²) in [7, 11) is 0. The van der Waals surface area contributed by atoms with E-state index in [1.165, 1.54) is 25.7 Å². The van der Waals surface area contributed by atoms with Crippen LogP contribution in [0.15, 0.2) is 29.8 Å². The van der Waals surface area contributed by atoms with Gasteiger partial charge in [0.2, 0.25) is 0 Å². The van der Waals surface area contributed by atoms with Crippen LogP contribution in [0.2, 0.25) is 5.02 Å². The van der Waals surface area contributed by atoms with Crippen LogP contribution in [0.5, 0.6) is 0 Å². The Balaban J connectivity index is 2.00. The summed E-state index contributed by atoms with van der Waals surface area (Å²) in [6.07, 6.45) is 10.5. The summed E-state index contributed by atoms with van der Waals surface area (Å²) in [4.78, 5) is 0. The molecule has 0 heterocycles. The lowest BCUT2D eigenvalue weighted by Gasteiger charge is -2.22. The highest BCUT2D eigenvalue weighted by Crippen LogP contribution is 2.23. The summed E-state index contributed by atoms with van der Waals surface area (Å²) in [6, 6.07) is 5.54. The molecule has 0 saturated carbocycles. The van der Waals surface area contributed by atoms with Crippen LogP contribution in [-0.4, -0.2) is 12.6 Å². The molecule has 0 fully saturated rings. The van der Waals surface area contributed by atoms with E-state index in [1.807, 2.05) is 6.07 Å². The summed E-state index contributed by atoms with van der Waals surface area (Å²) in [5.74, 6) is -0.319. The Hall–Kier alpha value is -0.860. The molecule has 0 aromatic heterocycles. The molecular formula is C18H25ClFN. The van der Waals surface area contributed by atoms with Gasteiger partial charge in [-0.2, -0.15) is 0 Å². The van der Waals surface area contributed by atoms with Crippen LogP contribution in [0, 0.1) is 5.82 Å². The zero-order valence-corrected chi connectivity index (χ0v) is 13.6. The second-order valence-electron chi connectivity index (χ2n) is 5.92. The highest BCUT2D eigenvalue weighted by Gasteiger charge is 2.14. The topological polar surface area (TPSA) is 12.0 Å². The third-order valence-electron chi connectivity index (χ3n) is 4.04. The maximum Gasteiger partial charge on any atom is 0.142 e. The minimum Gasteiger partial charge on any atom is -0.313 e. The van der Waals surface area contributed by atoms with Crippen LogP contribution in [-0.2, 0) is 6.42 Å². The van der Waals surface area contributed by atoms with Crippen LogP contribution in [0.4, 0.5) is 4.39 Å². The molecule has 1 unspecified atom stereocenters. The van der Waals surface area contributed by atoms with E-state index in [-0.39, 0.29) is 10.8 Å². The zero-order chi connectivity index (χ0) is 15.1. The van der Waals surface area contributed by atoms with E-state index in [0.29, 0.717) is 6.04 Å². The first kappa shape index (κ1) is 16.5. The van der Waals surface area contributed by atoms with Gasteiger partial charge in [0, 0.05) is 6.04 Å². The summed E-state index contributed by atoms with van der Waals surface area (Å²) < 4.78 is 13.6. The van der Waals surface area contributed by atoms with Gasteiger partial charge in [-0.05, 0) is 69.2 Å². The average molecular weight is 310 g/mol. The fraction of sp³-hybridized carbons (Fsp3) is 0.556. The van der Waals surface area contributed by atoms with Gasteiger partial charge in [0.25, 0.3) is 0 Å². The predicted molar refractivity (Wildman–Crippen MR) is 88.4 cm³/mol. The van der Waals surface area contributed by atoms with Crippen molar-refractivity contribution in [1.82, 2.24) is 5.32 Å². The van der Waals surface area contributed by atoms with Crippen LogP contribution >= 0.6 is 11.6 Å². The molecule has 0 spiro atoms. The van der Waals surface area contributed by atoms with Crippen LogP contribution in [0.3, 0.4) is 0 Å². The standard InChI is InChI=1S/C18H25ClFN/c1-2-10-21-16(11-14-6-4-3-5-7-14)12-15-8-9-17(19)18(20)13-15/h6,8-9,13,16,21H,2-5,7,10-12H2,1H3. The SMILES string of the molecule is CCCNC(CC1=CCCCC1)Cc1ccc(Cl)c(F)c1. The van der Waals surface area contributed by atoms with Crippen molar-refractivity contribution in [2.45, 2.75) is 57.9 Å². The van der Waals surface area contributed by atoms with E-state index in [4.69, 9.17) is 11.6 Å². The van der Waals surface area contributed by atoms with E-state index >= 15 is 0 Å². The zero-order valence-electron chi connectivity index (χ0n) is 12.8. The summed E-state index contributed by atoms with van der Waals surface area (Å²) in [6.45, 7) is 3.18. The molecule has 3 heteroatoms. The molecule has 0 aliphatic heterocycles. The molecule has 2 rings (SSSR count). The maximum absolute atomic E-state index is 13.6. The largest absolute Gasteiger partial charge is 0.313 e. The third kappa shape index (κ3) is 5.44. The van der Waals surface area contributed by atoms with E-state index in [0.717, 1.165) is 31.4 Å². The molecule has 0 saturated heterocycles. The monoisotopic (exact) mass is 309 g/mol. The number of halogens is 2. The number of rotatable bonds is 7. The van der Waals surface area contributed by atoms with Gasteiger partial charge in [-0.1, -0.05) is 36.2 Å². The van der Waals surface area contributed by atoms with Crippen molar-refractivity contribution < 1.29 is 4.39 Å². The van der Waals surface area contributed by atoms with Crippen molar-refractivity contribution in [2.24, 2.45) is 0 Å². The van der Waals surface area contributed by atoms with Gasteiger partial charge in [-0.15, -0.1) is 0 Å². The number of benzene rings is 1. The van der Waals surface area contributed by atoms with E-state index in [1.54, 1.807) is 17.7 Å². The summed E-state index contributed by atoms with van der Waals surface area (Å²) in [5.41, 5.74) is 2.58. The third-order valence-corrected chi connectivity index (χ3v) is 4.35. The molecule has 0 bridgehead atoms. The smallest absolute Gasteiger partial charge is 0.142 e. The molecular weight excluding hydrogens is 285 g/mol. The highest BCUT2D eigenvalue weighted by molar-refractivity contribution is 6.30. The summed E-state index contributed by atoms with van der Waals surface area (Å²) >= 11 is 5.76. The van der Waals surface area contributed by atoms with Gasteiger partial charge in [0.1, 0.15) is 5.82 Å².